The second-order valence-corrected chi connectivity index (χ2v) is 5.90. The third-order valence-corrected chi connectivity index (χ3v) is 4.16. The Morgan fingerprint density at radius 3 is 2.27 bits per heavy atom. The number of hydrogen-bond donors (Lipinski definition) is 2. The van der Waals surface area contributed by atoms with E-state index in [2.05, 4.69) is 4.98 Å². The lowest BCUT2D eigenvalue weighted by Crippen LogP contribution is -2.31. The predicted octanol–water partition coefficient (Wildman–Crippen LogP) is 3.81. The van der Waals surface area contributed by atoms with Crippen molar-refractivity contribution in [1.29, 1.82) is 5.39 Å². The first-order chi connectivity index (χ1) is 10.6. The quantitative estimate of drug-likeness (QED) is 0.383. The predicted molar refractivity (Wildman–Crippen MR) is 83.4 cm³/mol. The maximum atomic E-state index is 12.3. The largest absolute Gasteiger partial charge is 0.501 e. The number of benzene rings is 1. The zero-order valence-corrected chi connectivity index (χ0v) is 12.5. The third kappa shape index (κ3) is 3.92. The van der Waals surface area contributed by atoms with Gasteiger partial charge in [0.05, 0.1) is 5.60 Å². The molecule has 1 aliphatic carbocycles. The van der Waals surface area contributed by atoms with Crippen LogP contribution in [-0.4, -0.2) is 21.6 Å². The van der Waals surface area contributed by atoms with Gasteiger partial charge in [-0.1, -0.05) is 56.0 Å². The lowest BCUT2D eigenvalue weighted by Gasteiger charge is -2.24. The minimum absolute atomic E-state index is 0.136. The number of allylic oxidation sites excluding steroid dienone is 1. The van der Waals surface area contributed by atoms with Crippen molar-refractivity contribution in [2.24, 2.45) is 0 Å². The fraction of sp³-hybridized carbons (Fsp3) is 0.471. The molecule has 2 N–H and O–H groups in total. The van der Waals surface area contributed by atoms with E-state index in [9.17, 15) is 15.0 Å². The summed E-state index contributed by atoms with van der Waals surface area (Å²) in [6.07, 6.45) is 4.85. The van der Waals surface area contributed by atoms with E-state index in [1.807, 2.05) is 0 Å². The van der Waals surface area contributed by atoms with Crippen LogP contribution in [0.4, 0.5) is 0 Å². The van der Waals surface area contributed by atoms with Crippen LogP contribution in [0.1, 0.15) is 50.5 Å². The molecule has 0 aromatic heterocycles. The van der Waals surface area contributed by atoms with Crippen LogP contribution >= 0.6 is 0 Å². The van der Waals surface area contributed by atoms with Crippen LogP contribution in [-0.2, 0) is 4.79 Å². The van der Waals surface area contributed by atoms with Gasteiger partial charge in [0, 0.05) is 12.0 Å². The Morgan fingerprint density at radius 2 is 1.73 bits per heavy atom. The Hall–Kier alpha value is -2.19. The lowest BCUT2D eigenvalue weighted by molar-refractivity contribution is -0.120. The molecule has 0 saturated heterocycles. The first kappa shape index (κ1) is 16.2. The molecular weight excluding hydrogens is 280 g/mol. The van der Waals surface area contributed by atoms with Crippen LogP contribution in [0.15, 0.2) is 36.0 Å². The van der Waals surface area contributed by atoms with Crippen LogP contribution in [0, 0.1) is 5.39 Å². The molecule has 0 amide bonds. The van der Waals surface area contributed by atoms with Gasteiger partial charge >= 0.3 is 5.70 Å². The van der Waals surface area contributed by atoms with Gasteiger partial charge < -0.3 is 10.2 Å². The highest BCUT2D eigenvalue weighted by molar-refractivity contribution is 6.03. The molecule has 0 heterocycles. The Morgan fingerprint density at radius 1 is 1.14 bits per heavy atom. The van der Waals surface area contributed by atoms with Gasteiger partial charge in [-0.25, -0.2) is 0 Å². The van der Waals surface area contributed by atoms with Crippen molar-refractivity contribution in [2.75, 3.05) is 0 Å². The molecule has 5 heteroatoms. The number of ketones is 1. The first-order valence-corrected chi connectivity index (χ1v) is 7.65. The molecule has 1 saturated carbocycles. The molecule has 22 heavy (non-hydrogen) atoms. The van der Waals surface area contributed by atoms with Crippen molar-refractivity contribution >= 4 is 11.5 Å². The van der Waals surface area contributed by atoms with E-state index in [-0.39, 0.29) is 12.2 Å². The number of carbonyl (C=O) groups is 1. The second kappa shape index (κ2) is 7.19. The number of aliphatic hydroxyl groups excluding tert-OH is 1. The van der Waals surface area contributed by atoms with E-state index >= 15 is 0 Å². The summed E-state index contributed by atoms with van der Waals surface area (Å²) in [4.78, 5) is 15.3. The summed E-state index contributed by atoms with van der Waals surface area (Å²) < 4.78 is 0. The molecule has 0 atom stereocenters. The molecule has 0 bridgehead atoms. The molecule has 116 valence electrons. The van der Waals surface area contributed by atoms with Crippen molar-refractivity contribution < 1.29 is 15.0 Å². The fourth-order valence-corrected chi connectivity index (χ4v) is 2.91. The number of diazo groups is 1. The average molecular weight is 301 g/mol. The van der Waals surface area contributed by atoms with Gasteiger partial charge in [-0.05, 0) is 12.8 Å². The molecule has 1 aromatic rings. The number of hydrogen-bond acceptors (Lipinski definition) is 4. The van der Waals surface area contributed by atoms with E-state index in [1.54, 1.807) is 30.3 Å². The van der Waals surface area contributed by atoms with Crippen LogP contribution < -0.4 is 0 Å². The molecule has 0 aliphatic heterocycles. The van der Waals surface area contributed by atoms with Gasteiger partial charge in [0.1, 0.15) is 0 Å². The van der Waals surface area contributed by atoms with Crippen molar-refractivity contribution in [3.8, 4) is 0 Å². The number of nitrogens with zero attached hydrogens (tertiary/aromatic N) is 2. The Balaban J connectivity index is 2.20. The zero-order valence-electron chi connectivity index (χ0n) is 12.5. The van der Waals surface area contributed by atoms with Crippen molar-refractivity contribution in [2.45, 2.75) is 50.5 Å². The molecule has 0 radical (unpaired) electrons. The van der Waals surface area contributed by atoms with Gasteiger partial charge in [-0.2, -0.15) is 0 Å². The summed E-state index contributed by atoms with van der Waals surface area (Å²) in [5.74, 6) is -0.918. The Labute approximate surface area is 129 Å². The summed E-state index contributed by atoms with van der Waals surface area (Å²) >= 11 is 0. The van der Waals surface area contributed by atoms with Crippen LogP contribution in [0.2, 0.25) is 0 Å². The lowest BCUT2D eigenvalue weighted by atomic mass is 9.88. The van der Waals surface area contributed by atoms with Crippen LogP contribution in [0.25, 0.3) is 10.7 Å². The summed E-state index contributed by atoms with van der Waals surface area (Å²) in [6, 6.07) is 8.44. The van der Waals surface area contributed by atoms with Gasteiger partial charge in [-0.3, -0.25) is 4.79 Å². The first-order valence-electron chi connectivity index (χ1n) is 7.65. The van der Waals surface area contributed by atoms with Gasteiger partial charge in [-0.15, -0.1) is 0 Å². The van der Waals surface area contributed by atoms with Gasteiger partial charge in [0.2, 0.25) is 11.2 Å². The van der Waals surface area contributed by atoms with E-state index in [1.165, 1.54) is 0 Å². The molecule has 0 unspecified atom stereocenters. The minimum atomic E-state index is -1.07. The molecule has 1 aromatic carbocycles. The number of rotatable bonds is 4. The van der Waals surface area contributed by atoms with Gasteiger partial charge in [0.25, 0.3) is 5.78 Å². The second-order valence-electron chi connectivity index (χ2n) is 5.90. The monoisotopic (exact) mass is 301 g/mol. The number of Topliss-reactive ketones (excluding diaryl/α,β-unsaturated/α-hetero) is 1. The van der Waals surface area contributed by atoms with Crippen molar-refractivity contribution in [3.05, 3.63) is 46.6 Å². The fourth-order valence-electron chi connectivity index (χ4n) is 2.91. The highest BCUT2D eigenvalue weighted by Crippen LogP contribution is 2.31. The van der Waals surface area contributed by atoms with Crippen molar-refractivity contribution in [1.82, 2.24) is 0 Å². The number of carbonyl (C=O) groups excluding carboxylic acids is 1. The number of aliphatic hydroxyl groups is 2. The maximum absolute atomic E-state index is 12.3. The zero-order chi connectivity index (χ0) is 16.0. The Kier molecular flexibility index (Phi) is 5.29. The smallest absolute Gasteiger partial charge is 0.468 e. The van der Waals surface area contributed by atoms with Crippen molar-refractivity contribution in [3.63, 3.8) is 0 Å². The Bertz CT molecular complexity index is 594. The summed E-state index contributed by atoms with van der Waals surface area (Å²) in [5, 5.41) is 29.8. The SMILES string of the molecule is N#[N+]/C(C(=O)CC1(O)CCCCCC1)=C(/O)c1ccccc1. The average Bonchev–Trinajstić information content (AvgIpc) is 2.73. The van der Waals surface area contributed by atoms with Crippen LogP contribution in [0.5, 0.6) is 0 Å². The minimum Gasteiger partial charge on any atom is -0.501 e. The molecule has 1 fully saturated rings. The maximum Gasteiger partial charge on any atom is 0.468 e. The standard InChI is InChI=1S/C17H20N2O3/c18-19-15(16(21)13-8-4-3-5-9-13)14(20)12-17(22)10-6-1-2-7-11-17/h3-5,8-9,22H,1-2,6-7,10-12H2/p+1. The van der Waals surface area contributed by atoms with E-state index < -0.39 is 17.1 Å². The topological polar surface area (TPSA) is 85.7 Å². The molecule has 1 aliphatic rings. The van der Waals surface area contributed by atoms with Gasteiger partial charge in [0.15, 0.2) is 4.98 Å². The van der Waals surface area contributed by atoms with E-state index in [0.29, 0.717) is 18.4 Å². The summed E-state index contributed by atoms with van der Waals surface area (Å²) in [7, 11) is 0. The highest BCUT2D eigenvalue weighted by Gasteiger charge is 2.38. The molecule has 0 spiro atoms. The highest BCUT2D eigenvalue weighted by atomic mass is 16.3. The molecule has 2 rings (SSSR count). The third-order valence-electron chi connectivity index (χ3n) is 4.16. The van der Waals surface area contributed by atoms with E-state index in [4.69, 9.17) is 5.39 Å². The molecule has 5 nitrogen and oxygen atoms in total. The van der Waals surface area contributed by atoms with E-state index in [0.717, 1.165) is 25.7 Å². The molecular formula is C17H21N2O3+. The van der Waals surface area contributed by atoms with Crippen LogP contribution in [0.3, 0.4) is 0 Å². The summed E-state index contributed by atoms with van der Waals surface area (Å²) in [5.41, 5.74) is -1.07. The summed E-state index contributed by atoms with van der Waals surface area (Å²) in [6.45, 7) is 0. The normalized spacial score (nSPS) is 18.7.